The maximum absolute atomic E-state index is 12.7. The summed E-state index contributed by atoms with van der Waals surface area (Å²) in [7, 11) is 0. The summed E-state index contributed by atoms with van der Waals surface area (Å²) in [5.74, 6) is 1.49. The molecule has 5 rings (SSSR count). The predicted molar refractivity (Wildman–Crippen MR) is 103 cm³/mol. The highest BCUT2D eigenvalue weighted by Gasteiger charge is 2.34. The zero-order valence-electron chi connectivity index (χ0n) is 15.7. The van der Waals surface area contributed by atoms with Gasteiger partial charge in [-0.1, -0.05) is 11.6 Å². The summed E-state index contributed by atoms with van der Waals surface area (Å²) in [6.07, 6.45) is 3.43. The molecule has 0 amide bonds. The van der Waals surface area contributed by atoms with Gasteiger partial charge in [0.1, 0.15) is 17.9 Å². The molecule has 3 aromatic rings. The Morgan fingerprint density at radius 2 is 2.11 bits per heavy atom. The molecule has 1 aromatic carbocycles. The summed E-state index contributed by atoms with van der Waals surface area (Å²) in [5.41, 5.74) is 4.27. The highest BCUT2D eigenvalue weighted by Crippen LogP contribution is 2.42. The normalized spacial score (nSPS) is 21.7. The Hall–Kier alpha value is -2.58. The Morgan fingerprint density at radius 3 is 2.81 bits per heavy atom. The zero-order valence-corrected chi connectivity index (χ0v) is 15.7. The molecule has 5 N–H and O–H groups in total. The van der Waals surface area contributed by atoms with E-state index in [1.807, 2.05) is 30.5 Å². The number of hydrogen-bond donors (Lipinski definition) is 3. The predicted octanol–water partition coefficient (Wildman–Crippen LogP) is 2.84. The van der Waals surface area contributed by atoms with E-state index in [0.29, 0.717) is 6.61 Å². The van der Waals surface area contributed by atoms with Gasteiger partial charge in [-0.3, -0.25) is 4.57 Å². The SMILES string of the molecule is Cc1noc(C)c1-c1ccc2[nH]c(=O)n3c2c1OCC3C1CCCCN1.N. The molecular weight excluding hydrogens is 346 g/mol. The van der Waals surface area contributed by atoms with Gasteiger partial charge in [0.05, 0.1) is 22.8 Å². The molecule has 27 heavy (non-hydrogen) atoms. The number of H-pyrrole nitrogens is 1. The molecule has 8 nitrogen and oxygen atoms in total. The van der Waals surface area contributed by atoms with Crippen LogP contribution in [0.2, 0.25) is 0 Å². The minimum atomic E-state index is -0.0714. The first-order valence-corrected chi connectivity index (χ1v) is 9.22. The Balaban J connectivity index is 0.00000180. The van der Waals surface area contributed by atoms with E-state index in [4.69, 9.17) is 9.26 Å². The number of benzene rings is 1. The third-order valence-electron chi connectivity index (χ3n) is 5.68. The molecule has 2 unspecified atom stereocenters. The zero-order chi connectivity index (χ0) is 17.8. The van der Waals surface area contributed by atoms with Gasteiger partial charge in [-0.2, -0.15) is 0 Å². The molecule has 0 aliphatic carbocycles. The number of hydrogen-bond acceptors (Lipinski definition) is 6. The van der Waals surface area contributed by atoms with E-state index < -0.39 is 0 Å². The highest BCUT2D eigenvalue weighted by molar-refractivity contribution is 5.92. The number of ether oxygens (including phenoxy) is 1. The second kappa shape index (κ2) is 6.54. The standard InChI is InChI=1S/C19H22N4O3.H3N/c1-10-16(11(2)26-22-10)12-6-7-14-17-18(12)25-9-15(23(17)19(24)21-14)13-5-3-4-8-20-13;/h6-7,13,15,20H,3-5,8-9H2,1-2H3,(H,21,24);1H3. The van der Waals surface area contributed by atoms with Crippen LogP contribution in [-0.2, 0) is 0 Å². The second-order valence-electron chi connectivity index (χ2n) is 7.27. The summed E-state index contributed by atoms with van der Waals surface area (Å²) in [6, 6.07) is 4.18. The van der Waals surface area contributed by atoms with Crippen LogP contribution in [0.4, 0.5) is 0 Å². The van der Waals surface area contributed by atoms with Crippen LogP contribution in [0.3, 0.4) is 0 Å². The fourth-order valence-electron chi connectivity index (χ4n) is 4.46. The minimum Gasteiger partial charge on any atom is -0.488 e. The fourth-order valence-corrected chi connectivity index (χ4v) is 4.46. The Morgan fingerprint density at radius 1 is 1.26 bits per heavy atom. The number of aromatic nitrogens is 3. The largest absolute Gasteiger partial charge is 0.488 e. The minimum absolute atomic E-state index is 0. The van der Waals surface area contributed by atoms with E-state index in [2.05, 4.69) is 15.5 Å². The maximum atomic E-state index is 12.7. The number of nitrogens with one attached hydrogen (secondary N) is 2. The average molecular weight is 371 g/mol. The lowest BCUT2D eigenvalue weighted by molar-refractivity contribution is 0.181. The topological polar surface area (TPSA) is 120 Å². The molecule has 1 saturated heterocycles. The van der Waals surface area contributed by atoms with Crippen LogP contribution in [0, 0.1) is 13.8 Å². The van der Waals surface area contributed by atoms with Crippen molar-refractivity contribution >= 4 is 11.0 Å². The van der Waals surface area contributed by atoms with Gasteiger partial charge in [0, 0.05) is 11.6 Å². The van der Waals surface area contributed by atoms with Crippen LogP contribution < -0.4 is 21.9 Å². The highest BCUT2D eigenvalue weighted by atomic mass is 16.5. The van der Waals surface area contributed by atoms with E-state index in [-0.39, 0.29) is 23.9 Å². The summed E-state index contributed by atoms with van der Waals surface area (Å²) in [4.78, 5) is 15.7. The number of rotatable bonds is 2. The summed E-state index contributed by atoms with van der Waals surface area (Å²) in [6.45, 7) is 5.30. The molecule has 0 radical (unpaired) electrons. The van der Waals surface area contributed by atoms with Crippen molar-refractivity contribution in [1.29, 1.82) is 0 Å². The van der Waals surface area contributed by atoms with Gasteiger partial charge in [-0.15, -0.1) is 0 Å². The van der Waals surface area contributed by atoms with Gasteiger partial charge in [-0.05, 0) is 45.4 Å². The summed E-state index contributed by atoms with van der Waals surface area (Å²) in [5, 5.41) is 7.63. The van der Waals surface area contributed by atoms with E-state index >= 15 is 0 Å². The molecule has 0 spiro atoms. The van der Waals surface area contributed by atoms with Crippen molar-refractivity contribution < 1.29 is 9.26 Å². The number of piperidine rings is 1. The Kier molecular flexibility index (Phi) is 4.32. The lowest BCUT2D eigenvalue weighted by atomic mass is 9.96. The van der Waals surface area contributed by atoms with E-state index in [1.165, 1.54) is 12.8 Å². The van der Waals surface area contributed by atoms with Gasteiger partial charge in [0.25, 0.3) is 0 Å². The van der Waals surface area contributed by atoms with Crippen molar-refractivity contribution in [3.63, 3.8) is 0 Å². The van der Waals surface area contributed by atoms with Crippen molar-refractivity contribution in [2.24, 2.45) is 0 Å². The summed E-state index contributed by atoms with van der Waals surface area (Å²) < 4.78 is 13.5. The Bertz CT molecular complexity index is 1020. The van der Waals surface area contributed by atoms with Crippen LogP contribution in [0.1, 0.15) is 36.8 Å². The first-order valence-electron chi connectivity index (χ1n) is 9.22. The monoisotopic (exact) mass is 371 g/mol. The molecule has 0 bridgehead atoms. The van der Waals surface area contributed by atoms with Crippen LogP contribution >= 0.6 is 0 Å². The summed E-state index contributed by atoms with van der Waals surface area (Å²) >= 11 is 0. The average Bonchev–Trinajstić information content (AvgIpc) is 3.17. The lowest BCUT2D eigenvalue weighted by Gasteiger charge is -2.35. The number of aryl methyl sites for hydroxylation is 2. The first-order chi connectivity index (χ1) is 12.6. The maximum Gasteiger partial charge on any atom is 0.327 e. The van der Waals surface area contributed by atoms with Crippen LogP contribution in [-0.4, -0.2) is 33.9 Å². The molecular formula is C19H25N5O3. The van der Waals surface area contributed by atoms with Crippen LogP contribution in [0.5, 0.6) is 5.75 Å². The van der Waals surface area contributed by atoms with Gasteiger partial charge < -0.3 is 25.7 Å². The van der Waals surface area contributed by atoms with Crippen molar-refractivity contribution in [2.45, 2.75) is 45.2 Å². The van der Waals surface area contributed by atoms with Crippen molar-refractivity contribution in [2.75, 3.05) is 13.2 Å². The first kappa shape index (κ1) is 17.8. The molecule has 144 valence electrons. The molecule has 2 aliphatic rings. The Labute approximate surface area is 156 Å². The van der Waals surface area contributed by atoms with E-state index in [1.54, 1.807) is 0 Å². The molecule has 2 aromatic heterocycles. The van der Waals surface area contributed by atoms with E-state index in [0.717, 1.165) is 52.3 Å². The van der Waals surface area contributed by atoms with Crippen LogP contribution in [0.15, 0.2) is 21.5 Å². The molecule has 4 heterocycles. The second-order valence-corrected chi connectivity index (χ2v) is 7.27. The molecule has 0 saturated carbocycles. The third-order valence-corrected chi connectivity index (χ3v) is 5.68. The molecule has 1 fully saturated rings. The smallest absolute Gasteiger partial charge is 0.327 e. The van der Waals surface area contributed by atoms with Gasteiger partial charge in [0.2, 0.25) is 0 Å². The third kappa shape index (κ3) is 2.59. The van der Waals surface area contributed by atoms with Gasteiger partial charge in [0.15, 0.2) is 5.75 Å². The van der Waals surface area contributed by atoms with Gasteiger partial charge in [-0.25, -0.2) is 4.79 Å². The molecule has 8 heteroatoms. The van der Waals surface area contributed by atoms with Crippen LogP contribution in [0.25, 0.3) is 22.2 Å². The van der Waals surface area contributed by atoms with Crippen molar-refractivity contribution in [3.05, 3.63) is 34.1 Å². The quantitative estimate of drug-likeness (QED) is 0.637. The molecule has 2 atom stereocenters. The number of nitrogens with zero attached hydrogens (tertiary/aromatic N) is 2. The van der Waals surface area contributed by atoms with Crippen molar-refractivity contribution in [3.8, 4) is 16.9 Å². The van der Waals surface area contributed by atoms with Gasteiger partial charge >= 0.3 is 5.69 Å². The number of aromatic amines is 1. The molecule has 2 aliphatic heterocycles. The lowest BCUT2D eigenvalue weighted by Crippen LogP contribution is -2.46. The fraction of sp³-hybridized carbons (Fsp3) is 0.474. The number of imidazole rings is 1. The van der Waals surface area contributed by atoms with E-state index in [9.17, 15) is 4.79 Å². The van der Waals surface area contributed by atoms with Crippen molar-refractivity contribution in [1.82, 2.24) is 26.2 Å².